The van der Waals surface area contributed by atoms with Gasteiger partial charge in [0.15, 0.2) is 11.0 Å². The molecule has 0 aliphatic rings. The summed E-state index contributed by atoms with van der Waals surface area (Å²) in [6.07, 6.45) is 0. The number of para-hydroxylation sites is 1. The highest BCUT2D eigenvalue weighted by Crippen LogP contribution is 2.24. The molecule has 1 amide bonds. The molecule has 1 aromatic heterocycles. The van der Waals surface area contributed by atoms with E-state index < -0.39 is 0 Å². The van der Waals surface area contributed by atoms with Gasteiger partial charge < -0.3 is 10.6 Å². The summed E-state index contributed by atoms with van der Waals surface area (Å²) in [5.41, 5.74) is 3.84. The van der Waals surface area contributed by atoms with E-state index >= 15 is 0 Å². The molecule has 2 N–H and O–H groups in total. The summed E-state index contributed by atoms with van der Waals surface area (Å²) in [7, 11) is 0. The maximum absolute atomic E-state index is 12.4. The predicted octanol–water partition coefficient (Wildman–Crippen LogP) is 5.57. The third-order valence-corrected chi connectivity index (χ3v) is 5.86. The SMILES string of the molecule is Cc1ccc(NCc2nnc(SCC(=O)Nc3ccccc3)n2-c2ccc(Cl)cc2)cc1. The summed E-state index contributed by atoms with van der Waals surface area (Å²) < 4.78 is 1.94. The maximum Gasteiger partial charge on any atom is 0.234 e. The normalized spacial score (nSPS) is 10.7. The van der Waals surface area contributed by atoms with Gasteiger partial charge in [0, 0.05) is 22.1 Å². The highest BCUT2D eigenvalue weighted by Gasteiger charge is 2.16. The molecule has 1 heterocycles. The third-order valence-electron chi connectivity index (χ3n) is 4.68. The van der Waals surface area contributed by atoms with Gasteiger partial charge in [0.1, 0.15) is 0 Å². The third kappa shape index (κ3) is 5.69. The Bertz CT molecular complexity index is 1180. The van der Waals surface area contributed by atoms with Crippen LogP contribution in [0.3, 0.4) is 0 Å². The molecule has 4 aromatic rings. The van der Waals surface area contributed by atoms with E-state index in [1.807, 2.05) is 71.3 Å². The first-order valence-electron chi connectivity index (χ1n) is 10.1. The molecule has 162 valence electrons. The molecule has 0 radical (unpaired) electrons. The Hall–Kier alpha value is -3.29. The van der Waals surface area contributed by atoms with Crippen molar-refractivity contribution >= 4 is 40.6 Å². The second-order valence-electron chi connectivity index (χ2n) is 7.13. The number of halogens is 1. The fourth-order valence-electron chi connectivity index (χ4n) is 3.06. The number of thioether (sulfide) groups is 1. The molecule has 4 rings (SSSR count). The molecule has 0 unspecified atom stereocenters. The molecule has 3 aromatic carbocycles. The summed E-state index contributed by atoms with van der Waals surface area (Å²) in [4.78, 5) is 12.4. The second-order valence-corrected chi connectivity index (χ2v) is 8.51. The zero-order valence-corrected chi connectivity index (χ0v) is 19.0. The number of nitrogens with one attached hydrogen (secondary N) is 2. The summed E-state index contributed by atoms with van der Waals surface area (Å²) in [5, 5.41) is 16.3. The van der Waals surface area contributed by atoms with Crippen LogP contribution in [0.4, 0.5) is 11.4 Å². The number of aryl methyl sites for hydroxylation is 1. The summed E-state index contributed by atoms with van der Waals surface area (Å²) in [6, 6.07) is 25.0. The topological polar surface area (TPSA) is 71.8 Å². The highest BCUT2D eigenvalue weighted by atomic mass is 35.5. The molecular formula is C24H22ClN5OS. The molecule has 0 saturated carbocycles. The average molecular weight is 464 g/mol. The van der Waals surface area contributed by atoms with Crippen LogP contribution in [-0.4, -0.2) is 26.4 Å². The Kier molecular flexibility index (Phi) is 7.09. The Morgan fingerprint density at radius 3 is 2.38 bits per heavy atom. The molecule has 0 aliphatic carbocycles. The van der Waals surface area contributed by atoms with Gasteiger partial charge in [0.25, 0.3) is 0 Å². The monoisotopic (exact) mass is 463 g/mol. The van der Waals surface area contributed by atoms with Crippen LogP contribution in [0.2, 0.25) is 5.02 Å². The van der Waals surface area contributed by atoms with Crippen molar-refractivity contribution in [3.8, 4) is 5.69 Å². The molecule has 0 spiro atoms. The smallest absolute Gasteiger partial charge is 0.234 e. The van der Waals surface area contributed by atoms with E-state index in [4.69, 9.17) is 11.6 Å². The van der Waals surface area contributed by atoms with Crippen molar-refractivity contribution in [1.29, 1.82) is 0 Å². The standard InChI is InChI=1S/C24H22ClN5OS/c1-17-7-11-19(12-8-17)26-15-22-28-29-24(30(22)21-13-9-18(25)10-14-21)32-16-23(31)27-20-5-3-2-4-6-20/h2-14,26H,15-16H2,1H3,(H,27,31). The van der Waals surface area contributed by atoms with E-state index in [0.717, 1.165) is 22.9 Å². The van der Waals surface area contributed by atoms with Crippen LogP contribution in [0.15, 0.2) is 84.0 Å². The van der Waals surface area contributed by atoms with Gasteiger partial charge in [0.05, 0.1) is 12.3 Å². The Balaban J connectivity index is 1.51. The van der Waals surface area contributed by atoms with Crippen LogP contribution < -0.4 is 10.6 Å². The molecule has 32 heavy (non-hydrogen) atoms. The Morgan fingerprint density at radius 2 is 1.66 bits per heavy atom. The largest absolute Gasteiger partial charge is 0.378 e. The molecule has 8 heteroatoms. The summed E-state index contributed by atoms with van der Waals surface area (Å²) in [6.45, 7) is 2.54. The molecule has 0 aliphatic heterocycles. The van der Waals surface area contributed by atoms with Crippen molar-refractivity contribution in [2.24, 2.45) is 0 Å². The van der Waals surface area contributed by atoms with Crippen LogP contribution in [0, 0.1) is 6.92 Å². The van der Waals surface area contributed by atoms with Crippen LogP contribution in [0.5, 0.6) is 0 Å². The number of carbonyl (C=O) groups excluding carboxylic acids is 1. The first-order valence-corrected chi connectivity index (χ1v) is 11.4. The quantitative estimate of drug-likeness (QED) is 0.334. The number of anilines is 2. The van der Waals surface area contributed by atoms with Crippen LogP contribution in [0.1, 0.15) is 11.4 Å². The number of amides is 1. The lowest BCUT2D eigenvalue weighted by molar-refractivity contribution is -0.113. The number of nitrogens with zero attached hydrogens (tertiary/aromatic N) is 3. The fourth-order valence-corrected chi connectivity index (χ4v) is 3.96. The molecule has 0 saturated heterocycles. The minimum absolute atomic E-state index is 0.105. The number of aromatic nitrogens is 3. The number of rotatable bonds is 8. The fraction of sp³-hybridized carbons (Fsp3) is 0.125. The molecule has 0 bridgehead atoms. The van der Waals surface area contributed by atoms with Gasteiger partial charge in [-0.05, 0) is 55.5 Å². The van der Waals surface area contributed by atoms with Gasteiger partial charge in [-0.2, -0.15) is 0 Å². The van der Waals surface area contributed by atoms with Gasteiger partial charge in [-0.15, -0.1) is 10.2 Å². The predicted molar refractivity (Wildman–Crippen MR) is 131 cm³/mol. The Labute approximate surface area is 196 Å². The molecular weight excluding hydrogens is 442 g/mol. The van der Waals surface area contributed by atoms with Crippen molar-refractivity contribution in [2.75, 3.05) is 16.4 Å². The maximum atomic E-state index is 12.4. The van der Waals surface area contributed by atoms with Crippen LogP contribution >= 0.6 is 23.4 Å². The number of hydrogen-bond donors (Lipinski definition) is 2. The van der Waals surface area contributed by atoms with Crippen LogP contribution in [-0.2, 0) is 11.3 Å². The van der Waals surface area contributed by atoms with E-state index in [9.17, 15) is 4.79 Å². The van der Waals surface area contributed by atoms with Crippen molar-refractivity contribution in [3.63, 3.8) is 0 Å². The van der Waals surface area contributed by atoms with E-state index in [2.05, 4.69) is 39.9 Å². The second kappa shape index (κ2) is 10.3. The van der Waals surface area contributed by atoms with Crippen LogP contribution in [0.25, 0.3) is 5.69 Å². The number of hydrogen-bond acceptors (Lipinski definition) is 5. The first-order chi connectivity index (χ1) is 15.6. The summed E-state index contributed by atoms with van der Waals surface area (Å²) >= 11 is 7.41. The lowest BCUT2D eigenvalue weighted by Gasteiger charge is -2.12. The molecule has 0 fully saturated rings. The first kappa shape index (κ1) is 21.9. The Morgan fingerprint density at radius 1 is 0.938 bits per heavy atom. The van der Waals surface area contributed by atoms with Gasteiger partial charge in [0.2, 0.25) is 5.91 Å². The van der Waals surface area contributed by atoms with Gasteiger partial charge in [-0.1, -0.05) is 59.3 Å². The number of benzene rings is 3. The van der Waals surface area contributed by atoms with Crippen molar-refractivity contribution in [3.05, 3.63) is 95.3 Å². The highest BCUT2D eigenvalue weighted by molar-refractivity contribution is 7.99. The molecule has 6 nitrogen and oxygen atoms in total. The lowest BCUT2D eigenvalue weighted by atomic mass is 10.2. The lowest BCUT2D eigenvalue weighted by Crippen LogP contribution is -2.14. The van der Waals surface area contributed by atoms with Gasteiger partial charge >= 0.3 is 0 Å². The van der Waals surface area contributed by atoms with E-state index in [1.165, 1.54) is 17.3 Å². The molecule has 0 atom stereocenters. The van der Waals surface area contributed by atoms with Crippen molar-refractivity contribution in [1.82, 2.24) is 14.8 Å². The minimum atomic E-state index is -0.105. The number of carbonyl (C=O) groups is 1. The zero-order chi connectivity index (χ0) is 22.3. The van der Waals surface area contributed by atoms with E-state index in [1.54, 1.807) is 0 Å². The van der Waals surface area contributed by atoms with E-state index in [0.29, 0.717) is 16.7 Å². The van der Waals surface area contributed by atoms with Gasteiger partial charge in [-0.25, -0.2) is 0 Å². The average Bonchev–Trinajstić information content (AvgIpc) is 3.21. The van der Waals surface area contributed by atoms with Gasteiger partial charge in [-0.3, -0.25) is 9.36 Å². The van der Waals surface area contributed by atoms with Crippen molar-refractivity contribution in [2.45, 2.75) is 18.6 Å². The zero-order valence-electron chi connectivity index (χ0n) is 17.5. The van der Waals surface area contributed by atoms with E-state index in [-0.39, 0.29) is 11.7 Å². The minimum Gasteiger partial charge on any atom is -0.378 e. The van der Waals surface area contributed by atoms with Crippen molar-refractivity contribution < 1.29 is 4.79 Å². The summed E-state index contributed by atoms with van der Waals surface area (Å²) in [5.74, 6) is 0.844.